The second-order valence-electron chi connectivity index (χ2n) is 6.04. The minimum absolute atomic E-state index is 0.161. The number of aromatic nitrogens is 1. The van der Waals surface area contributed by atoms with E-state index in [1.54, 1.807) is 6.20 Å². The second-order valence-corrected chi connectivity index (χ2v) is 6.04. The molecule has 20 heavy (non-hydrogen) atoms. The van der Waals surface area contributed by atoms with Crippen LogP contribution in [-0.2, 0) is 11.3 Å². The number of hydrogen-bond donors (Lipinski definition) is 1. The Labute approximate surface area is 121 Å². The highest BCUT2D eigenvalue weighted by Gasteiger charge is 2.42. The fraction of sp³-hybridized carbons (Fsp3) is 0.625. The Morgan fingerprint density at radius 2 is 2.10 bits per heavy atom. The first-order valence-electron chi connectivity index (χ1n) is 7.50. The van der Waals surface area contributed by atoms with Crippen molar-refractivity contribution in [2.75, 3.05) is 6.54 Å². The van der Waals surface area contributed by atoms with Gasteiger partial charge in [0.15, 0.2) is 0 Å². The largest absolute Gasteiger partial charge is 0.334 e. The molecule has 1 fully saturated rings. The van der Waals surface area contributed by atoms with E-state index in [1.807, 2.05) is 23.1 Å². The average Bonchev–Trinajstić information content (AvgIpc) is 2.95. The maximum Gasteiger partial charge on any atom is 0.230 e. The average molecular weight is 275 g/mol. The first-order chi connectivity index (χ1) is 9.59. The molecule has 1 aromatic heterocycles. The molecule has 0 atom stereocenters. The summed E-state index contributed by atoms with van der Waals surface area (Å²) in [6.07, 6.45) is 5.84. The van der Waals surface area contributed by atoms with Crippen molar-refractivity contribution in [1.29, 1.82) is 0 Å². The van der Waals surface area contributed by atoms with Crippen LogP contribution in [0.4, 0.5) is 0 Å². The molecule has 1 saturated carbocycles. The first kappa shape index (κ1) is 15.0. The van der Waals surface area contributed by atoms with Crippen LogP contribution in [0.3, 0.4) is 0 Å². The summed E-state index contributed by atoms with van der Waals surface area (Å²) in [6, 6.07) is 5.98. The van der Waals surface area contributed by atoms with Gasteiger partial charge < -0.3 is 10.6 Å². The molecule has 0 aliphatic heterocycles. The Bertz CT molecular complexity index is 438. The summed E-state index contributed by atoms with van der Waals surface area (Å²) in [6.45, 7) is 5.14. The lowest BCUT2D eigenvalue weighted by Gasteiger charge is -2.36. The standard InChI is InChI=1S/C16H25N3O/c1-13(2)19(11-14-7-3-6-10-18-14)15(20)16(12-17)8-4-5-9-16/h3,6-7,10,13H,4-5,8-9,11-12,17H2,1-2H3. The minimum Gasteiger partial charge on any atom is -0.334 e. The van der Waals surface area contributed by atoms with Crippen molar-refractivity contribution in [3.8, 4) is 0 Å². The summed E-state index contributed by atoms with van der Waals surface area (Å²) in [5.41, 5.74) is 6.53. The number of carbonyl (C=O) groups excluding carboxylic acids is 1. The van der Waals surface area contributed by atoms with E-state index in [9.17, 15) is 4.79 Å². The van der Waals surface area contributed by atoms with Crippen LogP contribution in [0.1, 0.15) is 45.2 Å². The highest BCUT2D eigenvalue weighted by atomic mass is 16.2. The molecule has 0 unspecified atom stereocenters. The van der Waals surface area contributed by atoms with Crippen LogP contribution in [0.5, 0.6) is 0 Å². The maximum atomic E-state index is 13.0. The third-order valence-corrected chi connectivity index (χ3v) is 4.35. The zero-order valence-corrected chi connectivity index (χ0v) is 12.5. The monoisotopic (exact) mass is 275 g/mol. The van der Waals surface area contributed by atoms with Gasteiger partial charge in [-0.2, -0.15) is 0 Å². The highest BCUT2D eigenvalue weighted by molar-refractivity contribution is 5.83. The summed E-state index contributed by atoms with van der Waals surface area (Å²) in [5.74, 6) is 0.207. The lowest BCUT2D eigenvalue weighted by Crippen LogP contribution is -2.49. The lowest BCUT2D eigenvalue weighted by atomic mass is 9.84. The Hall–Kier alpha value is -1.42. The molecule has 0 saturated heterocycles. The number of nitrogens with two attached hydrogens (primary N) is 1. The van der Waals surface area contributed by atoms with Gasteiger partial charge in [0.1, 0.15) is 0 Å². The van der Waals surface area contributed by atoms with Gasteiger partial charge in [-0.3, -0.25) is 9.78 Å². The normalized spacial score (nSPS) is 17.4. The van der Waals surface area contributed by atoms with Gasteiger partial charge in [0, 0.05) is 18.8 Å². The highest BCUT2D eigenvalue weighted by Crippen LogP contribution is 2.39. The van der Waals surface area contributed by atoms with Crippen molar-refractivity contribution in [3.05, 3.63) is 30.1 Å². The molecule has 2 rings (SSSR count). The van der Waals surface area contributed by atoms with E-state index in [-0.39, 0.29) is 17.4 Å². The van der Waals surface area contributed by atoms with Crippen LogP contribution < -0.4 is 5.73 Å². The van der Waals surface area contributed by atoms with E-state index in [1.165, 1.54) is 0 Å². The quantitative estimate of drug-likeness (QED) is 0.897. The third-order valence-electron chi connectivity index (χ3n) is 4.35. The Morgan fingerprint density at radius 1 is 1.40 bits per heavy atom. The number of nitrogens with zero attached hydrogens (tertiary/aromatic N) is 2. The molecule has 0 aromatic carbocycles. The van der Waals surface area contributed by atoms with Gasteiger partial charge in [0.05, 0.1) is 17.7 Å². The fourth-order valence-corrected chi connectivity index (χ4v) is 3.02. The molecule has 1 aliphatic carbocycles. The zero-order valence-electron chi connectivity index (χ0n) is 12.5. The summed E-state index contributed by atoms with van der Waals surface area (Å²) in [4.78, 5) is 19.2. The van der Waals surface area contributed by atoms with Gasteiger partial charge in [-0.25, -0.2) is 0 Å². The molecule has 110 valence electrons. The predicted octanol–water partition coefficient (Wildman–Crippen LogP) is 2.34. The third kappa shape index (κ3) is 3.01. The summed E-state index contributed by atoms with van der Waals surface area (Å²) >= 11 is 0. The number of amides is 1. The molecule has 0 radical (unpaired) electrons. The zero-order chi connectivity index (χ0) is 14.6. The van der Waals surface area contributed by atoms with Crippen molar-refractivity contribution in [2.24, 2.45) is 11.1 Å². The van der Waals surface area contributed by atoms with E-state index in [4.69, 9.17) is 5.73 Å². The molecule has 4 nitrogen and oxygen atoms in total. The number of hydrogen-bond acceptors (Lipinski definition) is 3. The molecule has 1 amide bonds. The Balaban J connectivity index is 2.18. The fourth-order valence-electron chi connectivity index (χ4n) is 3.02. The van der Waals surface area contributed by atoms with Crippen LogP contribution in [0, 0.1) is 5.41 Å². The molecular formula is C16H25N3O. The topological polar surface area (TPSA) is 59.2 Å². The van der Waals surface area contributed by atoms with Crippen LogP contribution in [0.2, 0.25) is 0 Å². The summed E-state index contributed by atoms with van der Waals surface area (Å²) in [5, 5.41) is 0. The number of rotatable bonds is 5. The van der Waals surface area contributed by atoms with Gasteiger partial charge in [0.2, 0.25) is 5.91 Å². The van der Waals surface area contributed by atoms with Crippen molar-refractivity contribution in [2.45, 2.75) is 52.1 Å². The SMILES string of the molecule is CC(C)N(Cc1ccccn1)C(=O)C1(CN)CCCC1. The van der Waals surface area contributed by atoms with Crippen molar-refractivity contribution in [1.82, 2.24) is 9.88 Å². The van der Waals surface area contributed by atoms with E-state index >= 15 is 0 Å². The second kappa shape index (κ2) is 6.35. The predicted molar refractivity (Wildman–Crippen MR) is 79.9 cm³/mol. The van der Waals surface area contributed by atoms with Crippen molar-refractivity contribution in [3.63, 3.8) is 0 Å². The molecule has 1 heterocycles. The maximum absolute atomic E-state index is 13.0. The lowest BCUT2D eigenvalue weighted by molar-refractivity contribution is -0.144. The number of carbonyl (C=O) groups is 1. The van der Waals surface area contributed by atoms with Gasteiger partial charge in [0.25, 0.3) is 0 Å². The van der Waals surface area contributed by atoms with E-state index in [2.05, 4.69) is 18.8 Å². The van der Waals surface area contributed by atoms with Gasteiger partial charge in [-0.15, -0.1) is 0 Å². The van der Waals surface area contributed by atoms with E-state index in [0.717, 1.165) is 31.4 Å². The number of pyridine rings is 1. The van der Waals surface area contributed by atoms with Crippen LogP contribution >= 0.6 is 0 Å². The van der Waals surface area contributed by atoms with Gasteiger partial charge in [-0.05, 0) is 38.8 Å². The smallest absolute Gasteiger partial charge is 0.230 e. The van der Waals surface area contributed by atoms with Crippen LogP contribution in [0.15, 0.2) is 24.4 Å². The summed E-state index contributed by atoms with van der Waals surface area (Å²) < 4.78 is 0. The molecule has 0 spiro atoms. The first-order valence-corrected chi connectivity index (χ1v) is 7.50. The molecule has 1 aromatic rings. The summed E-state index contributed by atoms with van der Waals surface area (Å²) in [7, 11) is 0. The van der Waals surface area contributed by atoms with E-state index in [0.29, 0.717) is 13.1 Å². The Kier molecular flexibility index (Phi) is 4.76. The van der Waals surface area contributed by atoms with Crippen LogP contribution in [-0.4, -0.2) is 28.4 Å². The molecule has 2 N–H and O–H groups in total. The van der Waals surface area contributed by atoms with Crippen molar-refractivity contribution >= 4 is 5.91 Å². The van der Waals surface area contributed by atoms with Gasteiger partial charge >= 0.3 is 0 Å². The molecule has 0 bridgehead atoms. The molecule has 4 heteroatoms. The Morgan fingerprint density at radius 3 is 2.60 bits per heavy atom. The van der Waals surface area contributed by atoms with Crippen molar-refractivity contribution < 1.29 is 4.79 Å². The molecular weight excluding hydrogens is 250 g/mol. The van der Waals surface area contributed by atoms with Gasteiger partial charge in [-0.1, -0.05) is 18.9 Å². The van der Waals surface area contributed by atoms with E-state index < -0.39 is 0 Å². The van der Waals surface area contributed by atoms with Crippen LogP contribution in [0.25, 0.3) is 0 Å². The minimum atomic E-state index is -0.334. The molecule has 1 aliphatic rings.